The van der Waals surface area contributed by atoms with Gasteiger partial charge in [-0.25, -0.2) is 20.4 Å². The molecular weight excluding hydrogens is 502 g/mol. The van der Waals surface area contributed by atoms with Crippen LogP contribution in [0.5, 0.6) is 0 Å². The molecule has 0 saturated carbocycles. The second-order valence-corrected chi connectivity index (χ2v) is 8.89. The van der Waals surface area contributed by atoms with Crippen LogP contribution in [0.4, 0.5) is 5.82 Å². The van der Waals surface area contributed by atoms with Gasteiger partial charge >= 0.3 is 0 Å². The number of carbonyl (C=O) groups is 1. The molecule has 0 aromatic carbocycles. The van der Waals surface area contributed by atoms with Crippen LogP contribution in [0.1, 0.15) is 17.5 Å². The summed E-state index contributed by atoms with van der Waals surface area (Å²) in [6.07, 6.45) is 0.855. The van der Waals surface area contributed by atoms with Crippen molar-refractivity contribution in [2.75, 3.05) is 12.4 Å². The van der Waals surface area contributed by atoms with Crippen LogP contribution in [-0.4, -0.2) is 71.0 Å². The lowest BCUT2D eigenvalue weighted by molar-refractivity contribution is -0.138. The molecule has 1 saturated heterocycles. The van der Waals surface area contributed by atoms with Crippen LogP contribution in [0.2, 0.25) is 5.02 Å². The number of aromatic nitrogens is 6. The van der Waals surface area contributed by atoms with E-state index in [9.17, 15) is 15.0 Å². The number of anilines is 1. The predicted molar refractivity (Wildman–Crippen MR) is 133 cm³/mol. The van der Waals surface area contributed by atoms with E-state index in [1.807, 2.05) is 19.1 Å². The zero-order valence-corrected chi connectivity index (χ0v) is 20.6. The third-order valence-corrected chi connectivity index (χ3v) is 6.02. The van der Waals surface area contributed by atoms with Gasteiger partial charge in [0.05, 0.1) is 23.6 Å². The predicted octanol–water partition coefficient (Wildman–Crippen LogP) is 0.727. The highest BCUT2D eigenvalue weighted by Crippen LogP contribution is 2.33. The number of aliphatic hydroxyl groups is 2. The van der Waals surface area contributed by atoms with Crippen LogP contribution >= 0.6 is 11.6 Å². The van der Waals surface area contributed by atoms with E-state index < -0.39 is 30.4 Å². The molecule has 1 aliphatic rings. The number of aryl methyl sites for hydroxylation is 1. The maximum atomic E-state index is 12.3. The molecule has 0 radical (unpaired) electrons. The van der Waals surface area contributed by atoms with E-state index in [2.05, 4.69) is 41.1 Å². The van der Waals surface area contributed by atoms with Gasteiger partial charge in [0.1, 0.15) is 12.2 Å². The van der Waals surface area contributed by atoms with E-state index in [4.69, 9.17) is 16.3 Å². The van der Waals surface area contributed by atoms with E-state index in [-0.39, 0.29) is 0 Å². The molecule has 4 aromatic heterocycles. The van der Waals surface area contributed by atoms with Crippen LogP contribution < -0.4 is 16.2 Å². The van der Waals surface area contributed by atoms with Crippen LogP contribution in [0.25, 0.3) is 22.6 Å². The fraction of sp³-hybridized carbons (Fsp3) is 0.304. The Morgan fingerprint density at radius 1 is 1.19 bits per heavy atom. The van der Waals surface area contributed by atoms with Crippen LogP contribution in [0.15, 0.2) is 43.1 Å². The number of ether oxygens (including phenoxy) is 1. The van der Waals surface area contributed by atoms with E-state index in [1.165, 1.54) is 24.1 Å². The number of halogens is 1. The molecule has 37 heavy (non-hydrogen) atoms. The Morgan fingerprint density at radius 2 is 2.03 bits per heavy atom. The monoisotopic (exact) mass is 525 g/mol. The Balaban J connectivity index is 1.56. The Labute approximate surface area is 215 Å². The minimum Gasteiger partial charge on any atom is -0.387 e. The van der Waals surface area contributed by atoms with Crippen LogP contribution in [0.3, 0.4) is 0 Å². The average molecular weight is 526 g/mol. The SMILES string of the molecule is CNNC(=O)[C@H]1O[C@@H](n2cnc3c(NCc4cc(C)ccn4)nc(-c4cncc(Cl)c4)nc32)[C@H](O)[C@@H]1O. The number of amides is 1. The number of pyridine rings is 2. The summed E-state index contributed by atoms with van der Waals surface area (Å²) in [5, 5.41) is 24.9. The van der Waals surface area contributed by atoms with Crippen LogP contribution in [0, 0.1) is 6.92 Å². The van der Waals surface area contributed by atoms with Gasteiger partial charge in [-0.3, -0.25) is 24.8 Å². The minimum absolute atomic E-state index is 0.293. The van der Waals surface area contributed by atoms with Gasteiger partial charge in [0.2, 0.25) is 0 Å². The molecule has 5 N–H and O–H groups in total. The highest BCUT2D eigenvalue weighted by Gasteiger charge is 2.47. The molecule has 1 aliphatic heterocycles. The van der Waals surface area contributed by atoms with Gasteiger partial charge < -0.3 is 20.3 Å². The minimum atomic E-state index is -1.47. The Morgan fingerprint density at radius 3 is 2.78 bits per heavy atom. The molecule has 0 bridgehead atoms. The van der Waals surface area contributed by atoms with Crippen molar-refractivity contribution in [3.63, 3.8) is 0 Å². The molecule has 192 valence electrons. The highest BCUT2D eigenvalue weighted by molar-refractivity contribution is 6.30. The summed E-state index contributed by atoms with van der Waals surface area (Å²) in [4.78, 5) is 34.5. The number of imidazole rings is 1. The van der Waals surface area contributed by atoms with Crippen LogP contribution in [-0.2, 0) is 16.1 Å². The van der Waals surface area contributed by atoms with Crippen molar-refractivity contribution in [2.24, 2.45) is 0 Å². The van der Waals surface area contributed by atoms with Crippen molar-refractivity contribution in [1.82, 2.24) is 40.3 Å². The molecule has 0 unspecified atom stereocenters. The summed E-state index contributed by atoms with van der Waals surface area (Å²) in [6.45, 7) is 2.34. The molecule has 5 rings (SSSR count). The third kappa shape index (κ3) is 4.95. The Hall–Kier alpha value is -3.75. The maximum Gasteiger partial charge on any atom is 0.266 e. The largest absolute Gasteiger partial charge is 0.387 e. The smallest absolute Gasteiger partial charge is 0.266 e. The molecule has 1 amide bonds. The van der Waals surface area contributed by atoms with E-state index in [0.717, 1.165) is 11.3 Å². The number of hydrogen-bond acceptors (Lipinski definition) is 11. The Bertz CT molecular complexity index is 1450. The first-order valence-electron chi connectivity index (χ1n) is 11.3. The molecule has 4 atom stereocenters. The zero-order chi connectivity index (χ0) is 26.1. The van der Waals surface area contributed by atoms with Crippen molar-refractivity contribution in [2.45, 2.75) is 38.0 Å². The van der Waals surface area contributed by atoms with Gasteiger partial charge in [-0.05, 0) is 30.7 Å². The molecule has 1 fully saturated rings. The molecule has 4 aromatic rings. The second-order valence-electron chi connectivity index (χ2n) is 8.46. The number of aliphatic hydroxyl groups excluding tert-OH is 2. The van der Waals surface area contributed by atoms with Crippen molar-refractivity contribution in [1.29, 1.82) is 0 Å². The summed E-state index contributed by atoms with van der Waals surface area (Å²) in [5.41, 5.74) is 7.95. The summed E-state index contributed by atoms with van der Waals surface area (Å²) < 4.78 is 7.20. The quantitative estimate of drug-likeness (QED) is 0.215. The molecular formula is C23H24ClN9O4. The Kier molecular flexibility index (Phi) is 6.95. The first-order chi connectivity index (χ1) is 17.9. The fourth-order valence-electron chi connectivity index (χ4n) is 4.06. The highest BCUT2D eigenvalue weighted by atomic mass is 35.5. The van der Waals surface area contributed by atoms with Crippen molar-refractivity contribution < 1.29 is 19.7 Å². The van der Waals surface area contributed by atoms with Crippen molar-refractivity contribution in [3.05, 3.63) is 59.4 Å². The topological polar surface area (TPSA) is 172 Å². The maximum absolute atomic E-state index is 12.3. The average Bonchev–Trinajstić information content (AvgIpc) is 3.43. The van der Waals surface area contributed by atoms with E-state index >= 15 is 0 Å². The lowest BCUT2D eigenvalue weighted by Gasteiger charge is -2.17. The molecule has 14 heteroatoms. The van der Waals surface area contributed by atoms with Gasteiger partial charge in [0.15, 0.2) is 35.1 Å². The number of nitrogens with zero attached hydrogens (tertiary/aromatic N) is 6. The second kappa shape index (κ2) is 10.3. The van der Waals surface area contributed by atoms with Gasteiger partial charge in [0.25, 0.3) is 5.91 Å². The van der Waals surface area contributed by atoms with Gasteiger partial charge in [0, 0.05) is 31.2 Å². The zero-order valence-electron chi connectivity index (χ0n) is 19.8. The van der Waals surface area contributed by atoms with E-state index in [1.54, 1.807) is 18.5 Å². The van der Waals surface area contributed by atoms with Gasteiger partial charge in [-0.1, -0.05) is 11.6 Å². The van der Waals surface area contributed by atoms with E-state index in [0.29, 0.717) is 39.9 Å². The third-order valence-electron chi connectivity index (χ3n) is 5.81. The molecule has 0 spiro atoms. The molecule has 13 nitrogen and oxygen atoms in total. The number of hydrogen-bond donors (Lipinski definition) is 5. The first-order valence-corrected chi connectivity index (χ1v) is 11.7. The lowest BCUT2D eigenvalue weighted by atomic mass is 10.1. The number of hydrazine groups is 1. The first kappa shape index (κ1) is 24.9. The summed E-state index contributed by atoms with van der Waals surface area (Å²) in [7, 11) is 1.50. The molecule has 5 heterocycles. The van der Waals surface area contributed by atoms with Gasteiger partial charge in [-0.15, -0.1) is 0 Å². The number of nitrogens with one attached hydrogen (secondary N) is 3. The number of fused-ring (bicyclic) bond motifs is 1. The van der Waals surface area contributed by atoms with Crippen molar-refractivity contribution in [3.8, 4) is 11.4 Å². The lowest BCUT2D eigenvalue weighted by Crippen LogP contribution is -2.46. The standard InChI is InChI=1S/C23H24ClN9O4/c1-11-3-4-27-14(5-11)9-28-20-15-21(31-19(30-20)12-6-13(24)8-26-7-12)33(10-29-15)23-17(35)16(34)18(37-23)22(36)32-25-2/h3-8,10,16-18,23,25,34-35H,9H2,1-2H3,(H,32,36)(H,28,30,31)/t16-,17+,18-,23+/m0/s1. The summed E-state index contributed by atoms with van der Waals surface area (Å²) in [5.74, 6) is 0.0651. The van der Waals surface area contributed by atoms with Crippen molar-refractivity contribution >= 4 is 34.5 Å². The number of rotatable bonds is 7. The summed E-state index contributed by atoms with van der Waals surface area (Å²) in [6, 6.07) is 5.53. The van der Waals surface area contributed by atoms with Gasteiger partial charge in [-0.2, -0.15) is 0 Å². The normalized spacial score (nSPS) is 21.3. The fourth-order valence-corrected chi connectivity index (χ4v) is 4.23. The number of carbonyl (C=O) groups excluding carboxylic acids is 1. The molecule has 0 aliphatic carbocycles. The summed E-state index contributed by atoms with van der Waals surface area (Å²) >= 11 is 6.15.